The largest absolute Gasteiger partial charge is 0.494 e. The summed E-state index contributed by atoms with van der Waals surface area (Å²) in [6.45, 7) is 3.93. The van der Waals surface area contributed by atoms with Crippen LogP contribution in [0.3, 0.4) is 0 Å². The van der Waals surface area contributed by atoms with E-state index in [9.17, 15) is 13.2 Å². The number of anilines is 1. The number of benzene rings is 1. The van der Waals surface area contributed by atoms with E-state index in [-0.39, 0.29) is 30.1 Å². The number of carbonyl (C=O) groups excluding carboxylic acids is 1. The standard InChI is InChI=1S/C14H21NO5S/c1-3-19-13-9-11(8-12(15)10-13)14(16)20-6-5-7-21(17,18)4-2/h8-10H,3-7,15H2,1-2H3. The first kappa shape index (κ1) is 17.3. The fourth-order valence-electron chi connectivity index (χ4n) is 1.66. The number of nitrogens with two attached hydrogens (primary N) is 1. The van der Waals surface area contributed by atoms with Crippen molar-refractivity contribution in [3.63, 3.8) is 0 Å². The molecule has 0 saturated heterocycles. The first-order chi connectivity index (χ1) is 9.88. The summed E-state index contributed by atoms with van der Waals surface area (Å²) in [5.41, 5.74) is 6.38. The molecule has 2 N–H and O–H groups in total. The molecule has 0 bridgehead atoms. The molecule has 0 aliphatic rings. The Labute approximate surface area is 125 Å². The minimum atomic E-state index is -3.03. The zero-order valence-electron chi connectivity index (χ0n) is 12.3. The topological polar surface area (TPSA) is 95.7 Å². The maximum absolute atomic E-state index is 11.9. The Balaban J connectivity index is 2.56. The molecule has 0 saturated carbocycles. The van der Waals surface area contributed by atoms with Crippen LogP contribution in [0.2, 0.25) is 0 Å². The molecule has 0 aliphatic heterocycles. The lowest BCUT2D eigenvalue weighted by atomic mass is 10.2. The predicted molar refractivity (Wildman–Crippen MR) is 81.3 cm³/mol. The minimum Gasteiger partial charge on any atom is -0.494 e. The van der Waals surface area contributed by atoms with Crippen molar-refractivity contribution in [3.05, 3.63) is 23.8 Å². The van der Waals surface area contributed by atoms with Crippen LogP contribution in [0.5, 0.6) is 5.75 Å². The van der Waals surface area contributed by atoms with Crippen LogP contribution in [0, 0.1) is 0 Å². The van der Waals surface area contributed by atoms with Crippen molar-refractivity contribution < 1.29 is 22.7 Å². The lowest BCUT2D eigenvalue weighted by Gasteiger charge is -2.08. The van der Waals surface area contributed by atoms with Gasteiger partial charge in [0, 0.05) is 17.5 Å². The number of sulfone groups is 1. The van der Waals surface area contributed by atoms with Gasteiger partial charge < -0.3 is 15.2 Å². The van der Waals surface area contributed by atoms with E-state index in [2.05, 4.69) is 0 Å². The molecular formula is C14H21NO5S. The molecule has 6 nitrogen and oxygen atoms in total. The Morgan fingerprint density at radius 1 is 1.24 bits per heavy atom. The van der Waals surface area contributed by atoms with Crippen LogP contribution in [0.25, 0.3) is 0 Å². The monoisotopic (exact) mass is 315 g/mol. The molecule has 118 valence electrons. The van der Waals surface area contributed by atoms with Crippen LogP contribution >= 0.6 is 0 Å². The number of nitrogen functional groups attached to an aromatic ring is 1. The van der Waals surface area contributed by atoms with Crippen molar-refractivity contribution in [2.75, 3.05) is 30.5 Å². The van der Waals surface area contributed by atoms with Crippen LogP contribution in [0.4, 0.5) is 5.69 Å². The summed E-state index contributed by atoms with van der Waals surface area (Å²) >= 11 is 0. The summed E-state index contributed by atoms with van der Waals surface area (Å²) in [5, 5.41) is 0. The third-order valence-electron chi connectivity index (χ3n) is 2.75. The average molecular weight is 315 g/mol. The van der Waals surface area contributed by atoms with Gasteiger partial charge in [-0.3, -0.25) is 0 Å². The summed E-state index contributed by atoms with van der Waals surface area (Å²) in [5.74, 6) is 0.0568. The second-order valence-corrected chi connectivity index (χ2v) is 6.92. The van der Waals surface area contributed by atoms with Gasteiger partial charge in [0.15, 0.2) is 0 Å². The molecule has 0 radical (unpaired) electrons. The van der Waals surface area contributed by atoms with E-state index in [4.69, 9.17) is 15.2 Å². The van der Waals surface area contributed by atoms with Gasteiger partial charge in [0.05, 0.1) is 24.5 Å². The molecule has 0 aromatic heterocycles. The smallest absolute Gasteiger partial charge is 0.338 e. The van der Waals surface area contributed by atoms with Crippen LogP contribution in [0.1, 0.15) is 30.6 Å². The summed E-state index contributed by atoms with van der Waals surface area (Å²) in [7, 11) is -3.03. The fraction of sp³-hybridized carbons (Fsp3) is 0.500. The summed E-state index contributed by atoms with van der Waals surface area (Å²) in [4.78, 5) is 11.9. The molecule has 21 heavy (non-hydrogen) atoms. The molecule has 0 aliphatic carbocycles. The Morgan fingerprint density at radius 3 is 2.57 bits per heavy atom. The van der Waals surface area contributed by atoms with Gasteiger partial charge in [-0.25, -0.2) is 13.2 Å². The first-order valence-corrected chi connectivity index (χ1v) is 8.61. The van der Waals surface area contributed by atoms with Gasteiger partial charge in [0.1, 0.15) is 15.6 Å². The molecule has 1 aromatic rings. The number of ether oxygens (including phenoxy) is 2. The van der Waals surface area contributed by atoms with E-state index in [1.54, 1.807) is 19.1 Å². The van der Waals surface area contributed by atoms with Gasteiger partial charge in [0.25, 0.3) is 0 Å². The van der Waals surface area contributed by atoms with Crippen LogP contribution in [-0.2, 0) is 14.6 Å². The van der Waals surface area contributed by atoms with Gasteiger partial charge in [-0.15, -0.1) is 0 Å². The SMILES string of the molecule is CCOc1cc(N)cc(C(=O)OCCCS(=O)(=O)CC)c1. The van der Waals surface area contributed by atoms with Crippen LogP contribution < -0.4 is 10.5 Å². The number of hydrogen-bond donors (Lipinski definition) is 1. The normalized spacial score (nSPS) is 11.1. The molecule has 0 spiro atoms. The summed E-state index contributed by atoms with van der Waals surface area (Å²) in [6, 6.07) is 4.66. The van der Waals surface area contributed by atoms with E-state index < -0.39 is 15.8 Å². The quantitative estimate of drug-likeness (QED) is 0.445. The van der Waals surface area contributed by atoms with Crippen molar-refractivity contribution in [2.24, 2.45) is 0 Å². The molecule has 0 heterocycles. The molecule has 0 unspecified atom stereocenters. The lowest BCUT2D eigenvalue weighted by Crippen LogP contribution is -2.13. The Bertz CT molecular complexity index is 583. The highest BCUT2D eigenvalue weighted by atomic mass is 32.2. The second kappa shape index (κ2) is 7.87. The van der Waals surface area contributed by atoms with E-state index in [0.29, 0.717) is 18.0 Å². The molecule has 1 rings (SSSR count). The van der Waals surface area contributed by atoms with Gasteiger partial charge in [-0.2, -0.15) is 0 Å². The summed E-state index contributed by atoms with van der Waals surface area (Å²) < 4.78 is 32.9. The van der Waals surface area contributed by atoms with E-state index in [1.807, 2.05) is 6.92 Å². The molecule has 1 aromatic carbocycles. The molecular weight excluding hydrogens is 294 g/mol. The van der Waals surface area contributed by atoms with Gasteiger partial charge in [-0.05, 0) is 25.5 Å². The number of rotatable bonds is 8. The first-order valence-electron chi connectivity index (χ1n) is 6.79. The van der Waals surface area contributed by atoms with Gasteiger partial charge in [0.2, 0.25) is 0 Å². The Hall–Kier alpha value is -1.76. The molecule has 7 heteroatoms. The maximum Gasteiger partial charge on any atom is 0.338 e. The predicted octanol–water partition coefficient (Wildman–Crippen LogP) is 1.65. The summed E-state index contributed by atoms with van der Waals surface area (Å²) in [6.07, 6.45) is 0.280. The van der Waals surface area contributed by atoms with Crippen molar-refractivity contribution >= 4 is 21.5 Å². The zero-order valence-corrected chi connectivity index (χ0v) is 13.1. The van der Waals surface area contributed by atoms with E-state index in [1.165, 1.54) is 6.07 Å². The van der Waals surface area contributed by atoms with Crippen LogP contribution in [-0.4, -0.2) is 39.1 Å². The van der Waals surface area contributed by atoms with Crippen molar-refractivity contribution in [3.8, 4) is 5.75 Å². The fourth-order valence-corrected chi connectivity index (χ4v) is 2.51. The van der Waals surface area contributed by atoms with Crippen molar-refractivity contribution in [1.82, 2.24) is 0 Å². The van der Waals surface area contributed by atoms with Crippen molar-refractivity contribution in [1.29, 1.82) is 0 Å². The lowest BCUT2D eigenvalue weighted by molar-refractivity contribution is 0.0505. The average Bonchev–Trinajstić information content (AvgIpc) is 2.43. The van der Waals surface area contributed by atoms with Crippen molar-refractivity contribution in [2.45, 2.75) is 20.3 Å². The number of hydrogen-bond acceptors (Lipinski definition) is 6. The Kier molecular flexibility index (Phi) is 6.48. The van der Waals surface area contributed by atoms with E-state index >= 15 is 0 Å². The maximum atomic E-state index is 11.9. The van der Waals surface area contributed by atoms with Gasteiger partial charge in [-0.1, -0.05) is 6.92 Å². The Morgan fingerprint density at radius 2 is 1.95 bits per heavy atom. The number of esters is 1. The highest BCUT2D eigenvalue weighted by Gasteiger charge is 2.11. The minimum absolute atomic E-state index is 0.0118. The third kappa shape index (κ3) is 6.03. The third-order valence-corrected chi connectivity index (χ3v) is 4.54. The molecule has 0 atom stereocenters. The zero-order chi connectivity index (χ0) is 15.9. The van der Waals surface area contributed by atoms with Crippen LogP contribution in [0.15, 0.2) is 18.2 Å². The highest BCUT2D eigenvalue weighted by molar-refractivity contribution is 7.91. The molecule has 0 fully saturated rings. The second-order valence-electron chi connectivity index (χ2n) is 4.45. The van der Waals surface area contributed by atoms with Gasteiger partial charge >= 0.3 is 5.97 Å². The molecule has 0 amide bonds. The highest BCUT2D eigenvalue weighted by Crippen LogP contribution is 2.19. The number of carbonyl (C=O) groups is 1. The van der Waals surface area contributed by atoms with E-state index in [0.717, 1.165) is 0 Å².